The number of methoxy groups -OCH3 is 1. The number of aliphatic hydroxyl groups excluding tert-OH is 1. The molecule has 1 unspecified atom stereocenters. The summed E-state index contributed by atoms with van der Waals surface area (Å²) in [4.78, 5) is 0. The minimum atomic E-state index is -0.492. The average molecular weight is 286 g/mol. The first-order chi connectivity index (χ1) is 10.3. The zero-order valence-corrected chi connectivity index (χ0v) is 12.4. The normalized spacial score (nSPS) is 17.8. The predicted octanol–water partition coefficient (Wildman–Crippen LogP) is 3.70. The van der Waals surface area contributed by atoms with Crippen LogP contribution in [0.2, 0.25) is 0 Å². The lowest BCUT2D eigenvalue weighted by Gasteiger charge is -2.25. The quantitative estimate of drug-likeness (QED) is 0.931. The van der Waals surface area contributed by atoms with Crippen molar-refractivity contribution >= 4 is 10.8 Å². The number of ether oxygens (including phenoxy) is 2. The van der Waals surface area contributed by atoms with Crippen LogP contribution in [0.1, 0.15) is 30.9 Å². The summed E-state index contributed by atoms with van der Waals surface area (Å²) in [6.07, 6.45) is 2.34. The number of hydrogen-bond acceptors (Lipinski definition) is 3. The van der Waals surface area contributed by atoms with Gasteiger partial charge in [-0.2, -0.15) is 0 Å². The molecule has 3 heteroatoms. The van der Waals surface area contributed by atoms with E-state index in [0.29, 0.717) is 5.92 Å². The monoisotopic (exact) mass is 286 g/mol. The minimum Gasteiger partial charge on any atom is -0.496 e. The molecule has 0 aromatic heterocycles. The summed E-state index contributed by atoms with van der Waals surface area (Å²) >= 11 is 0. The lowest BCUT2D eigenvalue weighted by atomic mass is 9.89. The van der Waals surface area contributed by atoms with Crippen molar-refractivity contribution in [3.8, 4) is 5.75 Å². The first-order valence-corrected chi connectivity index (χ1v) is 7.61. The first-order valence-electron chi connectivity index (χ1n) is 7.61. The van der Waals surface area contributed by atoms with E-state index in [1.54, 1.807) is 7.11 Å². The zero-order chi connectivity index (χ0) is 14.7. The molecule has 0 saturated carbocycles. The fourth-order valence-corrected chi connectivity index (χ4v) is 3.21. The van der Waals surface area contributed by atoms with Gasteiger partial charge in [0.1, 0.15) is 5.75 Å². The Kier molecular flexibility index (Phi) is 4.42. The van der Waals surface area contributed by atoms with Crippen LogP contribution in [0.15, 0.2) is 36.4 Å². The molecule has 2 aromatic rings. The van der Waals surface area contributed by atoms with Crippen molar-refractivity contribution in [3.05, 3.63) is 42.0 Å². The molecule has 3 rings (SSSR count). The standard InChI is InChI=1S/C18H22O3/c1-20-17-7-6-14-4-2-3-5-15(14)18(17)16(19)12-13-8-10-21-11-9-13/h2-7,13,16,19H,8-12H2,1H3. The highest BCUT2D eigenvalue weighted by atomic mass is 16.5. The Labute approximate surface area is 125 Å². The van der Waals surface area contributed by atoms with Gasteiger partial charge in [0.2, 0.25) is 0 Å². The first kappa shape index (κ1) is 14.4. The highest BCUT2D eigenvalue weighted by molar-refractivity contribution is 5.88. The molecule has 112 valence electrons. The van der Waals surface area contributed by atoms with Gasteiger partial charge >= 0.3 is 0 Å². The molecule has 3 nitrogen and oxygen atoms in total. The van der Waals surface area contributed by atoms with E-state index in [1.807, 2.05) is 24.3 Å². The molecule has 0 radical (unpaired) electrons. The van der Waals surface area contributed by atoms with E-state index in [2.05, 4.69) is 12.1 Å². The molecule has 1 aliphatic heterocycles. The maximum Gasteiger partial charge on any atom is 0.125 e. The lowest BCUT2D eigenvalue weighted by Crippen LogP contribution is -2.18. The molecule has 1 N–H and O–H groups in total. The van der Waals surface area contributed by atoms with Gasteiger partial charge in [-0.1, -0.05) is 30.3 Å². The molecule has 1 fully saturated rings. The van der Waals surface area contributed by atoms with Crippen molar-refractivity contribution < 1.29 is 14.6 Å². The summed E-state index contributed by atoms with van der Waals surface area (Å²) < 4.78 is 10.9. The van der Waals surface area contributed by atoms with Crippen LogP contribution in [0, 0.1) is 5.92 Å². The van der Waals surface area contributed by atoms with Crippen LogP contribution in [0.25, 0.3) is 10.8 Å². The molecule has 0 spiro atoms. The highest BCUT2D eigenvalue weighted by Gasteiger charge is 2.22. The van der Waals surface area contributed by atoms with E-state index < -0.39 is 6.10 Å². The molecular formula is C18H22O3. The third-order valence-corrected chi connectivity index (χ3v) is 4.38. The molecule has 1 aliphatic rings. The van der Waals surface area contributed by atoms with Crippen LogP contribution in [0.5, 0.6) is 5.75 Å². The van der Waals surface area contributed by atoms with Gasteiger partial charge in [-0.25, -0.2) is 0 Å². The average Bonchev–Trinajstić information content (AvgIpc) is 2.54. The van der Waals surface area contributed by atoms with Crippen molar-refractivity contribution in [2.75, 3.05) is 20.3 Å². The van der Waals surface area contributed by atoms with Crippen LogP contribution in [-0.2, 0) is 4.74 Å². The van der Waals surface area contributed by atoms with Crippen molar-refractivity contribution in [2.45, 2.75) is 25.4 Å². The maximum absolute atomic E-state index is 10.8. The van der Waals surface area contributed by atoms with Gasteiger partial charge in [-0.15, -0.1) is 0 Å². The number of hydrogen-bond donors (Lipinski definition) is 1. The van der Waals surface area contributed by atoms with Crippen molar-refractivity contribution in [3.63, 3.8) is 0 Å². The predicted molar refractivity (Wildman–Crippen MR) is 83.6 cm³/mol. The second-order valence-electron chi connectivity index (χ2n) is 5.71. The smallest absolute Gasteiger partial charge is 0.125 e. The van der Waals surface area contributed by atoms with Crippen LogP contribution in [0.3, 0.4) is 0 Å². The van der Waals surface area contributed by atoms with Gasteiger partial charge in [-0.3, -0.25) is 0 Å². The highest BCUT2D eigenvalue weighted by Crippen LogP contribution is 2.37. The molecule has 0 aliphatic carbocycles. The summed E-state index contributed by atoms with van der Waals surface area (Å²) in [5, 5.41) is 13.0. The lowest BCUT2D eigenvalue weighted by molar-refractivity contribution is 0.0433. The summed E-state index contributed by atoms with van der Waals surface area (Å²) in [6.45, 7) is 1.62. The number of rotatable bonds is 4. The van der Waals surface area contributed by atoms with Crippen LogP contribution in [-0.4, -0.2) is 25.4 Å². The van der Waals surface area contributed by atoms with E-state index in [4.69, 9.17) is 9.47 Å². The largest absolute Gasteiger partial charge is 0.496 e. The number of aliphatic hydroxyl groups is 1. The molecule has 1 heterocycles. The number of benzene rings is 2. The van der Waals surface area contributed by atoms with Crippen molar-refractivity contribution in [1.29, 1.82) is 0 Å². The van der Waals surface area contributed by atoms with Crippen molar-refractivity contribution in [2.24, 2.45) is 5.92 Å². The molecular weight excluding hydrogens is 264 g/mol. The third-order valence-electron chi connectivity index (χ3n) is 4.38. The van der Waals surface area contributed by atoms with Crippen LogP contribution >= 0.6 is 0 Å². The second-order valence-corrected chi connectivity index (χ2v) is 5.71. The fourth-order valence-electron chi connectivity index (χ4n) is 3.21. The van der Waals surface area contributed by atoms with Gasteiger partial charge in [0.25, 0.3) is 0 Å². The molecule has 2 aromatic carbocycles. The minimum absolute atomic E-state index is 0.492. The second kappa shape index (κ2) is 6.46. The topological polar surface area (TPSA) is 38.7 Å². The molecule has 1 atom stereocenters. The van der Waals surface area contributed by atoms with Gasteiger partial charge in [0.15, 0.2) is 0 Å². The van der Waals surface area contributed by atoms with E-state index >= 15 is 0 Å². The number of fused-ring (bicyclic) bond motifs is 1. The SMILES string of the molecule is COc1ccc2ccccc2c1C(O)CC1CCOCC1. The van der Waals surface area contributed by atoms with Gasteiger partial charge in [0, 0.05) is 18.8 Å². The molecule has 1 saturated heterocycles. The van der Waals surface area contributed by atoms with E-state index in [0.717, 1.165) is 54.6 Å². The Morgan fingerprint density at radius 3 is 2.71 bits per heavy atom. The van der Waals surface area contributed by atoms with Gasteiger partial charge in [0.05, 0.1) is 13.2 Å². The third kappa shape index (κ3) is 3.04. The van der Waals surface area contributed by atoms with Crippen molar-refractivity contribution in [1.82, 2.24) is 0 Å². The summed E-state index contributed by atoms with van der Waals surface area (Å²) in [5.74, 6) is 1.30. The van der Waals surface area contributed by atoms with E-state index in [9.17, 15) is 5.11 Å². The molecule has 21 heavy (non-hydrogen) atoms. The maximum atomic E-state index is 10.8. The summed E-state index contributed by atoms with van der Waals surface area (Å²) in [6, 6.07) is 12.1. The summed E-state index contributed by atoms with van der Waals surface area (Å²) in [7, 11) is 1.66. The van der Waals surface area contributed by atoms with Gasteiger partial charge < -0.3 is 14.6 Å². The van der Waals surface area contributed by atoms with Crippen LogP contribution in [0.4, 0.5) is 0 Å². The fraction of sp³-hybridized carbons (Fsp3) is 0.444. The van der Waals surface area contributed by atoms with E-state index in [-0.39, 0.29) is 0 Å². The molecule has 0 bridgehead atoms. The van der Waals surface area contributed by atoms with Crippen LogP contribution < -0.4 is 4.74 Å². The van der Waals surface area contributed by atoms with E-state index in [1.165, 1.54) is 0 Å². The Morgan fingerprint density at radius 2 is 1.95 bits per heavy atom. The Balaban J connectivity index is 1.93. The zero-order valence-electron chi connectivity index (χ0n) is 12.4. The Bertz CT molecular complexity index is 602. The molecule has 0 amide bonds. The Morgan fingerprint density at radius 1 is 1.19 bits per heavy atom. The summed E-state index contributed by atoms with van der Waals surface area (Å²) in [5.41, 5.74) is 0.919. The Hall–Kier alpha value is -1.58. The van der Waals surface area contributed by atoms with Gasteiger partial charge in [-0.05, 0) is 42.0 Å².